The molecule has 7 heteroatoms. The molecule has 0 saturated heterocycles. The summed E-state index contributed by atoms with van der Waals surface area (Å²) in [5.74, 6) is -0.150. The quantitative estimate of drug-likeness (QED) is 0.705. The van der Waals surface area contributed by atoms with Crippen molar-refractivity contribution >= 4 is 57.3 Å². The van der Waals surface area contributed by atoms with Gasteiger partial charge >= 0.3 is 0 Å². The lowest BCUT2D eigenvalue weighted by molar-refractivity contribution is 0.100. The molecule has 0 bridgehead atoms. The highest BCUT2D eigenvalue weighted by molar-refractivity contribution is 14.1. The first-order valence-electron chi connectivity index (χ1n) is 5.25. The Kier molecular flexibility index (Phi) is 4.11. The van der Waals surface area contributed by atoms with Gasteiger partial charge in [-0.3, -0.25) is 4.79 Å². The number of benzene rings is 1. The van der Waals surface area contributed by atoms with Crippen molar-refractivity contribution in [2.45, 2.75) is 0 Å². The van der Waals surface area contributed by atoms with E-state index in [1.807, 2.05) is 18.2 Å². The van der Waals surface area contributed by atoms with Crippen LogP contribution in [0.25, 0.3) is 0 Å². The van der Waals surface area contributed by atoms with E-state index < -0.39 is 5.91 Å². The van der Waals surface area contributed by atoms with Crippen molar-refractivity contribution in [1.29, 1.82) is 0 Å². The third-order valence-electron chi connectivity index (χ3n) is 2.39. The molecule has 0 atom stereocenters. The molecule has 1 aromatic carbocycles. The zero-order valence-corrected chi connectivity index (χ0v) is 12.6. The molecule has 1 heterocycles. The highest BCUT2D eigenvalue weighted by Gasteiger charge is 2.09. The Morgan fingerprint density at radius 1 is 1.37 bits per heavy atom. The second kappa shape index (κ2) is 5.62. The fourth-order valence-corrected chi connectivity index (χ4v) is 2.38. The fourth-order valence-electron chi connectivity index (χ4n) is 1.48. The summed E-state index contributed by atoms with van der Waals surface area (Å²) in [6.07, 6.45) is 1.38. The highest BCUT2D eigenvalue weighted by Crippen LogP contribution is 2.27. The number of nitrogen functional groups attached to an aromatic ring is 1. The number of amides is 1. The van der Waals surface area contributed by atoms with Gasteiger partial charge in [0, 0.05) is 3.57 Å². The van der Waals surface area contributed by atoms with Crippen molar-refractivity contribution in [1.82, 2.24) is 4.98 Å². The molecular weight excluding hydrogens is 379 g/mol. The van der Waals surface area contributed by atoms with E-state index in [9.17, 15) is 4.79 Å². The molecule has 0 saturated carbocycles. The van der Waals surface area contributed by atoms with Gasteiger partial charge in [0.2, 0.25) is 0 Å². The molecule has 0 aliphatic rings. The van der Waals surface area contributed by atoms with Gasteiger partial charge < -0.3 is 16.8 Å². The molecular formula is C12H10ClIN4O. The van der Waals surface area contributed by atoms with Gasteiger partial charge in [0.1, 0.15) is 5.82 Å². The van der Waals surface area contributed by atoms with Crippen molar-refractivity contribution < 1.29 is 4.79 Å². The van der Waals surface area contributed by atoms with Gasteiger partial charge in [-0.2, -0.15) is 0 Å². The van der Waals surface area contributed by atoms with E-state index in [0.717, 1.165) is 3.57 Å². The minimum absolute atomic E-state index is 0.221. The first-order valence-corrected chi connectivity index (χ1v) is 6.70. The van der Waals surface area contributed by atoms with E-state index in [4.69, 9.17) is 23.1 Å². The number of anilines is 3. The minimum Gasteiger partial charge on any atom is -0.397 e. The third kappa shape index (κ3) is 3.27. The Labute approximate surface area is 128 Å². The Morgan fingerprint density at radius 3 is 2.74 bits per heavy atom. The molecule has 0 spiro atoms. The molecule has 98 valence electrons. The summed E-state index contributed by atoms with van der Waals surface area (Å²) in [7, 11) is 0. The summed E-state index contributed by atoms with van der Waals surface area (Å²) in [5, 5.41) is 3.57. The van der Waals surface area contributed by atoms with Gasteiger partial charge in [0.05, 0.1) is 28.2 Å². The largest absolute Gasteiger partial charge is 0.397 e. The lowest BCUT2D eigenvalue weighted by Crippen LogP contribution is -2.14. The van der Waals surface area contributed by atoms with E-state index in [1.54, 1.807) is 0 Å². The van der Waals surface area contributed by atoms with Crippen molar-refractivity contribution in [3.05, 3.63) is 44.6 Å². The maximum atomic E-state index is 11.2. The van der Waals surface area contributed by atoms with Crippen LogP contribution >= 0.6 is 34.2 Å². The molecule has 2 aromatic rings. The minimum atomic E-state index is -0.600. The number of nitrogens with one attached hydrogen (secondary N) is 1. The molecule has 19 heavy (non-hydrogen) atoms. The number of carbonyl (C=O) groups is 1. The van der Waals surface area contributed by atoms with Gasteiger partial charge in [0.25, 0.3) is 5.91 Å². The first kappa shape index (κ1) is 13.9. The third-order valence-corrected chi connectivity index (χ3v) is 3.38. The van der Waals surface area contributed by atoms with Crippen LogP contribution < -0.4 is 16.8 Å². The lowest BCUT2D eigenvalue weighted by atomic mass is 10.2. The molecule has 5 N–H and O–H groups in total. The normalized spacial score (nSPS) is 10.2. The molecule has 1 aromatic heterocycles. The molecule has 0 fully saturated rings. The number of hydrogen-bond acceptors (Lipinski definition) is 4. The van der Waals surface area contributed by atoms with Crippen molar-refractivity contribution in [3.8, 4) is 0 Å². The van der Waals surface area contributed by atoms with E-state index in [1.165, 1.54) is 12.3 Å². The monoisotopic (exact) mass is 388 g/mol. The van der Waals surface area contributed by atoms with Gasteiger partial charge in [-0.15, -0.1) is 0 Å². The summed E-state index contributed by atoms with van der Waals surface area (Å²) < 4.78 is 1.02. The topological polar surface area (TPSA) is 94.0 Å². The number of rotatable bonds is 3. The van der Waals surface area contributed by atoms with E-state index in [-0.39, 0.29) is 11.3 Å². The van der Waals surface area contributed by atoms with Gasteiger partial charge in [-0.05, 0) is 46.9 Å². The summed E-state index contributed by atoms with van der Waals surface area (Å²) >= 11 is 8.27. The van der Waals surface area contributed by atoms with Gasteiger partial charge in [-0.25, -0.2) is 4.98 Å². The Bertz CT molecular complexity index is 648. The first-order chi connectivity index (χ1) is 8.97. The highest BCUT2D eigenvalue weighted by atomic mass is 127. The summed E-state index contributed by atoms with van der Waals surface area (Å²) in [6, 6.07) is 7.04. The van der Waals surface area contributed by atoms with Crippen LogP contribution in [-0.2, 0) is 0 Å². The average Bonchev–Trinajstić information content (AvgIpc) is 2.34. The number of nitrogens with zero attached hydrogens (tertiary/aromatic N) is 1. The van der Waals surface area contributed by atoms with Crippen LogP contribution in [0.4, 0.5) is 17.2 Å². The zero-order valence-electron chi connectivity index (χ0n) is 9.65. The standard InChI is InChI=1S/C12H10ClIN4O/c13-8-3-6(14)1-2-10(8)18-11-4-7(12(16)19)9(15)5-17-11/h1-5H,15H2,(H2,16,19)(H,17,18). The van der Waals surface area contributed by atoms with Crippen LogP contribution in [0.1, 0.15) is 10.4 Å². The van der Waals surface area contributed by atoms with Crippen molar-refractivity contribution in [2.75, 3.05) is 11.1 Å². The number of carbonyl (C=O) groups excluding carboxylic acids is 1. The maximum absolute atomic E-state index is 11.2. The number of aromatic nitrogens is 1. The maximum Gasteiger partial charge on any atom is 0.250 e. The van der Waals surface area contributed by atoms with Crippen LogP contribution in [0.3, 0.4) is 0 Å². The number of nitrogens with two attached hydrogens (primary N) is 2. The number of halogens is 2. The van der Waals surface area contributed by atoms with E-state index in [2.05, 4.69) is 32.9 Å². The van der Waals surface area contributed by atoms with Crippen LogP contribution in [0.15, 0.2) is 30.5 Å². The smallest absolute Gasteiger partial charge is 0.250 e. The molecule has 0 radical (unpaired) electrons. The molecule has 0 aliphatic carbocycles. The molecule has 0 unspecified atom stereocenters. The summed E-state index contributed by atoms with van der Waals surface area (Å²) in [6.45, 7) is 0. The molecule has 5 nitrogen and oxygen atoms in total. The summed E-state index contributed by atoms with van der Waals surface area (Å²) in [5.41, 5.74) is 12.0. The predicted molar refractivity (Wildman–Crippen MR) is 84.6 cm³/mol. The van der Waals surface area contributed by atoms with E-state index >= 15 is 0 Å². The van der Waals surface area contributed by atoms with Crippen LogP contribution in [0.2, 0.25) is 5.02 Å². The second-order valence-corrected chi connectivity index (χ2v) is 5.42. The molecule has 1 amide bonds. The number of primary amides is 1. The zero-order chi connectivity index (χ0) is 14.0. The van der Waals surface area contributed by atoms with Gasteiger partial charge in [0.15, 0.2) is 0 Å². The number of hydrogen-bond donors (Lipinski definition) is 3. The van der Waals surface area contributed by atoms with Gasteiger partial charge in [-0.1, -0.05) is 11.6 Å². The SMILES string of the molecule is NC(=O)c1cc(Nc2ccc(I)cc2Cl)ncc1N. The Hall–Kier alpha value is -1.54. The molecule has 0 aliphatic heterocycles. The Morgan fingerprint density at radius 2 is 2.11 bits per heavy atom. The Balaban J connectivity index is 2.33. The molecule has 2 rings (SSSR count). The predicted octanol–water partition coefficient (Wildman–Crippen LogP) is 2.76. The second-order valence-electron chi connectivity index (χ2n) is 3.77. The lowest BCUT2D eigenvalue weighted by Gasteiger charge is -2.09. The van der Waals surface area contributed by atoms with Crippen LogP contribution in [0.5, 0.6) is 0 Å². The van der Waals surface area contributed by atoms with E-state index in [0.29, 0.717) is 16.5 Å². The average molecular weight is 389 g/mol. The summed E-state index contributed by atoms with van der Waals surface area (Å²) in [4.78, 5) is 15.3. The van der Waals surface area contributed by atoms with Crippen molar-refractivity contribution in [2.24, 2.45) is 5.73 Å². The fraction of sp³-hybridized carbons (Fsp3) is 0. The van der Waals surface area contributed by atoms with Crippen LogP contribution in [-0.4, -0.2) is 10.9 Å². The number of pyridine rings is 1. The van der Waals surface area contributed by atoms with Crippen LogP contribution in [0, 0.1) is 3.57 Å². The van der Waals surface area contributed by atoms with Crippen molar-refractivity contribution in [3.63, 3.8) is 0 Å².